The van der Waals surface area contributed by atoms with Crippen LogP contribution in [0.25, 0.3) is 22.6 Å². The first-order valence-corrected chi connectivity index (χ1v) is 9.20. The van der Waals surface area contributed by atoms with Gasteiger partial charge in [-0.05, 0) is 63.1 Å². The number of aromatic amines is 1. The van der Waals surface area contributed by atoms with E-state index in [4.69, 9.17) is 16.0 Å². The average Bonchev–Trinajstić information content (AvgIpc) is 3.30. The monoisotopic (exact) mass is 487 g/mol. The van der Waals surface area contributed by atoms with Gasteiger partial charge < -0.3 is 14.5 Å². The van der Waals surface area contributed by atoms with E-state index in [1.807, 2.05) is 6.07 Å². The highest BCUT2D eigenvalue weighted by Crippen LogP contribution is 2.34. The van der Waals surface area contributed by atoms with E-state index in [9.17, 15) is 13.2 Å². The summed E-state index contributed by atoms with van der Waals surface area (Å²) in [6.45, 7) is 0.379. The number of fused-ring (bicyclic) bond motifs is 1. The third-order valence-electron chi connectivity index (χ3n) is 3.85. The van der Waals surface area contributed by atoms with Gasteiger partial charge in [0.2, 0.25) is 5.82 Å². The third-order valence-corrected chi connectivity index (χ3v) is 4.75. The molecule has 2 aromatic heterocycles. The molecule has 0 saturated heterocycles. The minimum Gasteiger partial charge on any atom is -0.451 e. The maximum absolute atomic E-state index is 12.4. The summed E-state index contributed by atoms with van der Waals surface area (Å²) in [5.74, 6) is 0.410. The molecule has 0 aliphatic heterocycles. The molecule has 0 atom stereocenters. The predicted molar refractivity (Wildman–Crippen MR) is 103 cm³/mol. The van der Waals surface area contributed by atoms with E-state index < -0.39 is 6.36 Å². The van der Waals surface area contributed by atoms with Crippen molar-refractivity contribution >= 4 is 44.2 Å². The lowest BCUT2D eigenvalue weighted by Gasteiger charge is -2.12. The second kappa shape index (κ2) is 7.56. The highest BCUT2D eigenvalue weighted by Gasteiger charge is 2.31. The quantitative estimate of drug-likeness (QED) is 0.383. The van der Waals surface area contributed by atoms with E-state index in [1.54, 1.807) is 12.1 Å². The molecular formula is C17H10BrClF3N5O2. The summed E-state index contributed by atoms with van der Waals surface area (Å²) < 4.78 is 46.9. The fourth-order valence-electron chi connectivity index (χ4n) is 2.67. The molecule has 150 valence electrons. The Balaban J connectivity index is 1.52. The van der Waals surface area contributed by atoms with E-state index in [-0.39, 0.29) is 10.2 Å². The summed E-state index contributed by atoms with van der Waals surface area (Å²) in [6.07, 6.45) is -4.76. The lowest BCUT2D eigenvalue weighted by Crippen LogP contribution is -2.17. The zero-order valence-corrected chi connectivity index (χ0v) is 16.6. The third kappa shape index (κ3) is 4.46. The first-order valence-electron chi connectivity index (χ1n) is 8.03. The molecule has 2 heterocycles. The van der Waals surface area contributed by atoms with E-state index in [0.717, 1.165) is 10.9 Å². The molecule has 0 radical (unpaired) electrons. The standard InChI is InChI=1S/C17H10BrClF3N5O2/c18-11-6-10(1-2-13(11)29-17(20,21)22)23-7-8-3-9-5-14(16-24-26-27-25-16)28-15(9)12(19)4-8/h1-6,23H,7H2,(H,24,25,26,27). The number of anilines is 1. The minimum absolute atomic E-state index is 0.174. The Morgan fingerprint density at radius 3 is 2.72 bits per heavy atom. The number of nitrogens with zero attached hydrogens (tertiary/aromatic N) is 3. The number of alkyl halides is 3. The van der Waals surface area contributed by atoms with Crippen LogP contribution in [-0.4, -0.2) is 27.0 Å². The van der Waals surface area contributed by atoms with Crippen molar-refractivity contribution < 1.29 is 22.3 Å². The van der Waals surface area contributed by atoms with Gasteiger partial charge in [-0.1, -0.05) is 11.6 Å². The van der Waals surface area contributed by atoms with Gasteiger partial charge in [-0.25, -0.2) is 0 Å². The molecule has 0 amide bonds. The number of furan rings is 1. The Labute approximate surface area is 174 Å². The number of hydrogen-bond donors (Lipinski definition) is 2. The maximum atomic E-state index is 12.4. The van der Waals surface area contributed by atoms with E-state index in [2.05, 4.69) is 46.6 Å². The molecule has 2 N–H and O–H groups in total. The Hall–Kier alpha value is -2.79. The first kappa shape index (κ1) is 19.5. The fourth-order valence-corrected chi connectivity index (χ4v) is 3.42. The maximum Gasteiger partial charge on any atom is 0.573 e. The van der Waals surface area contributed by atoms with Crippen LogP contribution in [0.3, 0.4) is 0 Å². The Kier molecular flexibility index (Phi) is 5.09. The molecule has 7 nitrogen and oxygen atoms in total. The highest BCUT2D eigenvalue weighted by molar-refractivity contribution is 9.10. The zero-order valence-electron chi connectivity index (χ0n) is 14.2. The van der Waals surface area contributed by atoms with Crippen molar-refractivity contribution in [1.29, 1.82) is 0 Å². The van der Waals surface area contributed by atoms with Crippen molar-refractivity contribution in [1.82, 2.24) is 20.6 Å². The van der Waals surface area contributed by atoms with Crippen molar-refractivity contribution in [2.75, 3.05) is 5.32 Å². The summed E-state index contributed by atoms with van der Waals surface area (Å²) in [5.41, 5.74) is 1.93. The van der Waals surface area contributed by atoms with Gasteiger partial charge in [-0.15, -0.1) is 23.4 Å². The smallest absolute Gasteiger partial charge is 0.451 e. The summed E-state index contributed by atoms with van der Waals surface area (Å²) in [5, 5.41) is 17.9. The molecule has 0 saturated carbocycles. The minimum atomic E-state index is -4.76. The second-order valence-corrected chi connectivity index (χ2v) is 7.15. The molecule has 4 aromatic rings. The molecule has 29 heavy (non-hydrogen) atoms. The predicted octanol–water partition coefficient (Wildman–Crippen LogP) is 5.54. The molecular weight excluding hydrogens is 479 g/mol. The summed E-state index contributed by atoms with van der Waals surface area (Å²) in [7, 11) is 0. The van der Waals surface area contributed by atoms with Gasteiger partial charge in [-0.3, -0.25) is 0 Å². The van der Waals surface area contributed by atoms with Gasteiger partial charge in [-0.2, -0.15) is 5.21 Å². The van der Waals surface area contributed by atoms with Gasteiger partial charge in [0.05, 0.1) is 9.50 Å². The average molecular weight is 489 g/mol. The number of ether oxygens (including phenoxy) is 1. The van der Waals surface area contributed by atoms with Crippen LogP contribution < -0.4 is 10.1 Å². The van der Waals surface area contributed by atoms with Crippen LogP contribution >= 0.6 is 27.5 Å². The molecule has 0 bridgehead atoms. The van der Waals surface area contributed by atoms with Crippen LogP contribution in [0, 0.1) is 0 Å². The van der Waals surface area contributed by atoms with Crippen molar-refractivity contribution in [2.45, 2.75) is 12.9 Å². The summed E-state index contributed by atoms with van der Waals surface area (Å²) >= 11 is 9.38. The Morgan fingerprint density at radius 2 is 2.03 bits per heavy atom. The van der Waals surface area contributed by atoms with Gasteiger partial charge in [0.15, 0.2) is 11.3 Å². The largest absolute Gasteiger partial charge is 0.573 e. The van der Waals surface area contributed by atoms with Crippen LogP contribution in [0.5, 0.6) is 5.75 Å². The van der Waals surface area contributed by atoms with Crippen molar-refractivity contribution in [3.05, 3.63) is 51.5 Å². The number of halogens is 5. The van der Waals surface area contributed by atoms with Crippen LogP contribution in [0.15, 0.2) is 45.3 Å². The Morgan fingerprint density at radius 1 is 1.21 bits per heavy atom. The zero-order chi connectivity index (χ0) is 20.6. The van der Waals surface area contributed by atoms with Gasteiger partial charge in [0.25, 0.3) is 0 Å². The van der Waals surface area contributed by atoms with E-state index in [1.165, 1.54) is 18.2 Å². The highest BCUT2D eigenvalue weighted by atomic mass is 79.9. The van der Waals surface area contributed by atoms with Gasteiger partial charge in [0, 0.05) is 17.6 Å². The molecule has 4 rings (SSSR count). The van der Waals surface area contributed by atoms with Crippen molar-refractivity contribution in [3.8, 4) is 17.3 Å². The molecule has 0 aliphatic rings. The molecule has 0 spiro atoms. The molecule has 12 heteroatoms. The van der Waals surface area contributed by atoms with Crippen LogP contribution in [0.4, 0.5) is 18.9 Å². The van der Waals surface area contributed by atoms with E-state index >= 15 is 0 Å². The van der Waals surface area contributed by atoms with Gasteiger partial charge >= 0.3 is 6.36 Å². The van der Waals surface area contributed by atoms with Gasteiger partial charge in [0.1, 0.15) is 5.75 Å². The SMILES string of the molecule is FC(F)(F)Oc1ccc(NCc2cc(Cl)c3oc(-c4nn[nH]n4)cc3c2)cc1Br. The number of nitrogens with one attached hydrogen (secondary N) is 2. The summed E-state index contributed by atoms with van der Waals surface area (Å²) in [6, 6.07) is 9.55. The Bertz CT molecular complexity index is 1160. The molecule has 0 fully saturated rings. The first-order chi connectivity index (χ1) is 13.8. The lowest BCUT2D eigenvalue weighted by atomic mass is 10.1. The fraction of sp³-hybridized carbons (Fsp3) is 0.118. The summed E-state index contributed by atoms with van der Waals surface area (Å²) in [4.78, 5) is 0. The molecule has 0 aliphatic carbocycles. The second-order valence-electron chi connectivity index (χ2n) is 5.89. The van der Waals surface area contributed by atoms with Crippen LogP contribution in [0.1, 0.15) is 5.56 Å². The topological polar surface area (TPSA) is 88.9 Å². The lowest BCUT2D eigenvalue weighted by molar-refractivity contribution is -0.274. The van der Waals surface area contributed by atoms with Crippen molar-refractivity contribution in [3.63, 3.8) is 0 Å². The van der Waals surface area contributed by atoms with Crippen LogP contribution in [-0.2, 0) is 6.54 Å². The number of tetrazole rings is 1. The number of rotatable bonds is 5. The molecule has 2 aromatic carbocycles. The van der Waals surface area contributed by atoms with Crippen molar-refractivity contribution in [2.24, 2.45) is 0 Å². The normalized spacial score (nSPS) is 11.8. The van der Waals surface area contributed by atoms with E-state index in [0.29, 0.717) is 34.4 Å². The number of benzene rings is 2. The number of H-pyrrole nitrogens is 1. The van der Waals surface area contributed by atoms with Crippen LogP contribution in [0.2, 0.25) is 5.02 Å². The number of aromatic nitrogens is 4. The number of hydrogen-bond acceptors (Lipinski definition) is 6. The molecule has 0 unspecified atom stereocenters.